The van der Waals surface area contributed by atoms with Crippen LogP contribution in [0.15, 0.2) is 27.6 Å². The number of imidazole rings is 1. The average molecular weight is 581 g/mol. The van der Waals surface area contributed by atoms with Crippen molar-refractivity contribution in [3.8, 4) is 0 Å². The second kappa shape index (κ2) is 11.7. The standard InChI is InChI=1S/C27H46O.C8H10N4O2/c1-18(2)7-6-8-19(3)23-11-12-24-22-10-9-20-17-21(28)13-15-26(20,4)25(22)14-16-27(23,24)5;1-10-4-9-6-5(10)7(13)12(3)8(14)11(6)2/h9,18-19,21-25,28H,6-8,10-17H2,1-5H3;4H,1-3H3/t19?,21-,22-,23+,24-,25-,26-,27+;/m0./s1. The molecule has 2 heterocycles. The second-order valence-electron chi connectivity index (χ2n) is 15.4. The van der Waals surface area contributed by atoms with Gasteiger partial charge in [0.1, 0.15) is 0 Å². The third-order valence-corrected chi connectivity index (χ3v) is 12.6. The van der Waals surface area contributed by atoms with Crippen molar-refractivity contribution in [3.05, 3.63) is 38.8 Å². The van der Waals surface area contributed by atoms with Gasteiger partial charge in [-0.15, -0.1) is 0 Å². The van der Waals surface area contributed by atoms with E-state index >= 15 is 0 Å². The molecule has 7 heteroatoms. The van der Waals surface area contributed by atoms with Crippen molar-refractivity contribution in [2.24, 2.45) is 67.5 Å². The number of hydrogen-bond donors (Lipinski definition) is 1. The fourth-order valence-corrected chi connectivity index (χ4v) is 10.1. The van der Waals surface area contributed by atoms with E-state index in [4.69, 9.17) is 0 Å². The summed E-state index contributed by atoms with van der Waals surface area (Å²) in [5, 5.41) is 10.2. The van der Waals surface area contributed by atoms with Crippen LogP contribution in [0.25, 0.3) is 11.2 Å². The Kier molecular flexibility index (Phi) is 8.74. The summed E-state index contributed by atoms with van der Waals surface area (Å²) in [6, 6.07) is 0. The van der Waals surface area contributed by atoms with Crippen LogP contribution in [0.1, 0.15) is 105 Å². The summed E-state index contributed by atoms with van der Waals surface area (Å²) in [5.74, 6) is 5.46. The molecule has 4 aliphatic carbocycles. The van der Waals surface area contributed by atoms with Crippen molar-refractivity contribution >= 4 is 11.2 Å². The van der Waals surface area contributed by atoms with Crippen LogP contribution in [-0.2, 0) is 21.1 Å². The molecular weight excluding hydrogens is 524 g/mol. The third kappa shape index (κ3) is 5.26. The number of fused-ring (bicyclic) bond motifs is 6. The molecule has 2 aromatic heterocycles. The summed E-state index contributed by atoms with van der Waals surface area (Å²) >= 11 is 0. The van der Waals surface area contributed by atoms with Crippen molar-refractivity contribution in [3.63, 3.8) is 0 Å². The lowest BCUT2D eigenvalue weighted by molar-refractivity contribution is -0.0573. The van der Waals surface area contributed by atoms with Crippen LogP contribution >= 0.6 is 0 Å². The van der Waals surface area contributed by atoms with E-state index in [1.54, 1.807) is 24.2 Å². The molecule has 0 aromatic carbocycles. The van der Waals surface area contributed by atoms with Gasteiger partial charge in [0.15, 0.2) is 11.2 Å². The van der Waals surface area contributed by atoms with Crippen LogP contribution in [0, 0.1) is 46.3 Å². The monoisotopic (exact) mass is 580 g/mol. The minimum absolute atomic E-state index is 0.0766. The molecule has 0 bridgehead atoms. The predicted octanol–water partition coefficient (Wildman–Crippen LogP) is 6.36. The van der Waals surface area contributed by atoms with Crippen molar-refractivity contribution in [1.29, 1.82) is 0 Å². The molecule has 0 saturated heterocycles. The molecule has 2 aromatic rings. The number of aliphatic hydroxyl groups is 1. The summed E-state index contributed by atoms with van der Waals surface area (Å²) < 4.78 is 4.04. The van der Waals surface area contributed by atoms with Crippen LogP contribution in [0.4, 0.5) is 0 Å². The third-order valence-electron chi connectivity index (χ3n) is 12.6. The van der Waals surface area contributed by atoms with Crippen molar-refractivity contribution in [1.82, 2.24) is 18.7 Å². The second-order valence-corrected chi connectivity index (χ2v) is 15.4. The summed E-state index contributed by atoms with van der Waals surface area (Å²) in [5.41, 5.74) is 2.78. The smallest absolute Gasteiger partial charge is 0.332 e. The molecule has 1 N–H and O–H groups in total. The Hall–Kier alpha value is -2.15. The van der Waals surface area contributed by atoms with Crippen LogP contribution < -0.4 is 11.2 Å². The van der Waals surface area contributed by atoms with E-state index in [2.05, 4.69) is 45.7 Å². The Bertz CT molecular complexity index is 1430. The number of rotatable bonds is 5. The number of nitrogens with zero attached hydrogens (tertiary/aromatic N) is 4. The molecular formula is C35H56N4O3. The molecule has 0 amide bonds. The summed E-state index contributed by atoms with van der Waals surface area (Å²) in [6.07, 6.45) is 18.7. The first-order chi connectivity index (χ1) is 19.8. The average Bonchev–Trinajstić information content (AvgIpc) is 3.51. The lowest BCUT2D eigenvalue weighted by atomic mass is 9.47. The minimum Gasteiger partial charge on any atom is -0.393 e. The molecule has 4 aliphatic rings. The zero-order valence-corrected chi connectivity index (χ0v) is 27.5. The van der Waals surface area contributed by atoms with Gasteiger partial charge in [-0.05, 0) is 97.7 Å². The summed E-state index contributed by atoms with van der Waals surface area (Å²) in [7, 11) is 4.77. The van der Waals surface area contributed by atoms with Crippen molar-refractivity contribution in [2.45, 2.75) is 111 Å². The Morgan fingerprint density at radius 1 is 0.976 bits per heavy atom. The molecule has 1 unspecified atom stereocenters. The molecule has 3 fully saturated rings. The molecule has 0 radical (unpaired) electrons. The molecule has 0 spiro atoms. The first-order valence-electron chi connectivity index (χ1n) is 16.7. The number of aliphatic hydroxyl groups excluding tert-OH is 1. The van der Waals surface area contributed by atoms with Gasteiger partial charge in [0.2, 0.25) is 0 Å². The number of aromatic nitrogens is 4. The van der Waals surface area contributed by atoms with Gasteiger partial charge in [0.25, 0.3) is 5.56 Å². The Morgan fingerprint density at radius 2 is 1.71 bits per heavy atom. The predicted molar refractivity (Wildman–Crippen MR) is 170 cm³/mol. The highest BCUT2D eigenvalue weighted by molar-refractivity contribution is 5.69. The first kappa shape index (κ1) is 31.3. The van der Waals surface area contributed by atoms with Crippen LogP contribution in [0.5, 0.6) is 0 Å². The normalized spacial score (nSPS) is 34.7. The lowest BCUT2D eigenvalue weighted by Gasteiger charge is -2.58. The van der Waals surface area contributed by atoms with E-state index in [0.717, 1.165) is 52.9 Å². The van der Waals surface area contributed by atoms with Crippen LogP contribution in [-0.4, -0.2) is 29.9 Å². The Balaban J connectivity index is 0.000000211. The minimum atomic E-state index is -0.360. The summed E-state index contributed by atoms with van der Waals surface area (Å²) in [6.45, 7) is 12.6. The van der Waals surface area contributed by atoms with Gasteiger partial charge in [0.05, 0.1) is 12.4 Å². The van der Waals surface area contributed by atoms with Gasteiger partial charge >= 0.3 is 5.69 Å². The molecule has 0 aliphatic heterocycles. The molecule has 6 rings (SSSR count). The van der Waals surface area contributed by atoms with Gasteiger partial charge in [-0.2, -0.15) is 0 Å². The molecule has 7 nitrogen and oxygen atoms in total. The van der Waals surface area contributed by atoms with E-state index in [1.165, 1.54) is 75.7 Å². The zero-order chi connectivity index (χ0) is 30.6. The topological polar surface area (TPSA) is 82.1 Å². The fourth-order valence-electron chi connectivity index (χ4n) is 10.1. The van der Waals surface area contributed by atoms with Crippen molar-refractivity contribution in [2.75, 3.05) is 0 Å². The molecule has 234 valence electrons. The van der Waals surface area contributed by atoms with Gasteiger partial charge in [0, 0.05) is 21.1 Å². The molecule has 3 saturated carbocycles. The Morgan fingerprint density at radius 3 is 2.43 bits per heavy atom. The van der Waals surface area contributed by atoms with Gasteiger partial charge in [-0.1, -0.05) is 65.5 Å². The number of hydrogen-bond acceptors (Lipinski definition) is 4. The number of aryl methyl sites for hydroxylation is 2. The van der Waals surface area contributed by atoms with E-state index < -0.39 is 0 Å². The van der Waals surface area contributed by atoms with E-state index in [9.17, 15) is 14.7 Å². The Labute approximate surface area is 252 Å². The maximum atomic E-state index is 11.7. The van der Waals surface area contributed by atoms with Crippen molar-refractivity contribution < 1.29 is 5.11 Å². The quantitative estimate of drug-likeness (QED) is 0.417. The lowest BCUT2D eigenvalue weighted by Crippen LogP contribution is -2.50. The maximum absolute atomic E-state index is 11.7. The first-order valence-corrected chi connectivity index (χ1v) is 16.7. The maximum Gasteiger partial charge on any atom is 0.332 e. The van der Waals surface area contributed by atoms with Crippen LogP contribution in [0.3, 0.4) is 0 Å². The fraction of sp³-hybridized carbons (Fsp3) is 0.800. The highest BCUT2D eigenvalue weighted by Crippen LogP contribution is 2.67. The van der Waals surface area contributed by atoms with E-state index in [0.29, 0.717) is 22.0 Å². The van der Waals surface area contributed by atoms with Gasteiger partial charge in [-0.3, -0.25) is 13.9 Å². The largest absolute Gasteiger partial charge is 0.393 e. The summed E-state index contributed by atoms with van der Waals surface area (Å²) in [4.78, 5) is 27.2. The highest BCUT2D eigenvalue weighted by atomic mass is 16.3. The van der Waals surface area contributed by atoms with Crippen LogP contribution in [0.2, 0.25) is 0 Å². The zero-order valence-electron chi connectivity index (χ0n) is 27.5. The molecule has 42 heavy (non-hydrogen) atoms. The number of allylic oxidation sites excluding steroid dienone is 1. The molecule has 8 atom stereocenters. The highest BCUT2D eigenvalue weighted by Gasteiger charge is 2.59. The van der Waals surface area contributed by atoms with E-state index in [-0.39, 0.29) is 17.4 Å². The van der Waals surface area contributed by atoms with E-state index in [1.807, 2.05) is 0 Å². The van der Waals surface area contributed by atoms with Gasteiger partial charge in [-0.25, -0.2) is 9.78 Å². The SMILES string of the molecule is CC(C)CCCC(C)[C@H]1CC[C@H]2[C@@H]3CC=C4C[C@@H](O)CC[C@]4(C)[C@H]3CC[C@]12C.Cn1c(=O)c2c(ncn2C)n(C)c1=O. The van der Waals surface area contributed by atoms with Gasteiger partial charge < -0.3 is 9.67 Å².